The molecule has 2 amide bonds. The van der Waals surface area contributed by atoms with Crippen molar-refractivity contribution in [1.29, 1.82) is 0 Å². The molecule has 1 N–H and O–H groups in total. The van der Waals surface area contributed by atoms with E-state index >= 15 is 0 Å². The van der Waals surface area contributed by atoms with Gasteiger partial charge in [-0.05, 0) is 25.5 Å². The number of benzene rings is 1. The second kappa shape index (κ2) is 7.82. The average Bonchev–Trinajstić information content (AvgIpc) is 2.83. The molecule has 0 bridgehead atoms. The van der Waals surface area contributed by atoms with E-state index in [1.807, 2.05) is 25.1 Å². The lowest BCUT2D eigenvalue weighted by Gasteiger charge is -2.17. The second-order valence-electron chi connectivity index (χ2n) is 4.87. The minimum Gasteiger partial charge on any atom is -0.463 e. The van der Waals surface area contributed by atoms with Gasteiger partial charge in [-0.3, -0.25) is 14.5 Å². The smallest absolute Gasteiger partial charge is 0.333 e. The molecule has 1 aliphatic heterocycles. The maximum atomic E-state index is 12.2. The van der Waals surface area contributed by atoms with Gasteiger partial charge < -0.3 is 10.1 Å². The molecule has 0 radical (unpaired) electrons. The Morgan fingerprint density at radius 3 is 2.83 bits per heavy atom. The van der Waals surface area contributed by atoms with Gasteiger partial charge in [0.15, 0.2) is 0 Å². The zero-order valence-electron chi connectivity index (χ0n) is 13.0. The Morgan fingerprint density at radius 2 is 2.13 bits per heavy atom. The van der Waals surface area contributed by atoms with Crippen LogP contribution in [0.1, 0.15) is 12.5 Å². The van der Waals surface area contributed by atoms with Crippen LogP contribution in [0.4, 0.5) is 5.69 Å². The molecule has 2 rings (SSSR count). The van der Waals surface area contributed by atoms with E-state index in [4.69, 9.17) is 4.74 Å². The van der Waals surface area contributed by atoms with Gasteiger partial charge in [0.1, 0.15) is 6.54 Å². The van der Waals surface area contributed by atoms with Crippen molar-refractivity contribution < 1.29 is 19.1 Å². The lowest BCUT2D eigenvalue weighted by molar-refractivity contribution is -0.137. The summed E-state index contributed by atoms with van der Waals surface area (Å²) in [4.78, 5) is 36.9. The monoisotopic (exact) mass is 334 g/mol. The van der Waals surface area contributed by atoms with Crippen molar-refractivity contribution in [1.82, 2.24) is 4.90 Å². The van der Waals surface area contributed by atoms with Crippen molar-refractivity contribution in [2.45, 2.75) is 13.8 Å². The highest BCUT2D eigenvalue weighted by Gasteiger charge is 2.29. The third-order valence-electron chi connectivity index (χ3n) is 3.16. The molecule has 1 saturated heterocycles. The number of hydrogen-bond acceptors (Lipinski definition) is 5. The molecule has 0 atom stereocenters. The van der Waals surface area contributed by atoms with Crippen molar-refractivity contribution in [3.8, 4) is 0 Å². The summed E-state index contributed by atoms with van der Waals surface area (Å²) in [6, 6.07) is 7.39. The molecule has 0 spiro atoms. The lowest BCUT2D eigenvalue weighted by Crippen LogP contribution is -2.34. The fourth-order valence-electron chi connectivity index (χ4n) is 2.03. The SMILES string of the molecule is CCOC(=O)/C=C1\SCC(=O)N1CC(=O)Nc1ccccc1C. The Morgan fingerprint density at radius 1 is 1.39 bits per heavy atom. The molecule has 0 aromatic heterocycles. The Kier molecular flexibility index (Phi) is 5.81. The summed E-state index contributed by atoms with van der Waals surface area (Å²) < 4.78 is 4.84. The summed E-state index contributed by atoms with van der Waals surface area (Å²) in [5, 5.41) is 3.21. The third kappa shape index (κ3) is 4.59. The molecule has 0 aliphatic carbocycles. The molecule has 1 fully saturated rings. The first-order valence-corrected chi connectivity index (χ1v) is 8.17. The molecule has 0 saturated carbocycles. The first-order chi connectivity index (χ1) is 11.0. The van der Waals surface area contributed by atoms with Gasteiger partial charge >= 0.3 is 5.97 Å². The molecule has 1 aromatic carbocycles. The van der Waals surface area contributed by atoms with Gasteiger partial charge in [-0.25, -0.2) is 4.79 Å². The van der Waals surface area contributed by atoms with Crippen LogP contribution in [0.5, 0.6) is 0 Å². The van der Waals surface area contributed by atoms with Gasteiger partial charge in [-0.2, -0.15) is 0 Å². The number of nitrogens with one attached hydrogen (secondary N) is 1. The summed E-state index contributed by atoms with van der Waals surface area (Å²) in [5.74, 6) is -0.826. The molecule has 0 unspecified atom stereocenters. The highest BCUT2D eigenvalue weighted by Crippen LogP contribution is 2.28. The van der Waals surface area contributed by atoms with Gasteiger partial charge in [0.2, 0.25) is 11.8 Å². The molecule has 1 aliphatic rings. The zero-order chi connectivity index (χ0) is 16.8. The van der Waals surface area contributed by atoms with E-state index in [0.717, 1.165) is 5.56 Å². The van der Waals surface area contributed by atoms with Crippen LogP contribution in [0.3, 0.4) is 0 Å². The van der Waals surface area contributed by atoms with Crippen LogP contribution in [0.25, 0.3) is 0 Å². The van der Waals surface area contributed by atoms with Crippen molar-refractivity contribution in [3.05, 3.63) is 40.9 Å². The van der Waals surface area contributed by atoms with Crippen molar-refractivity contribution in [3.63, 3.8) is 0 Å². The topological polar surface area (TPSA) is 75.7 Å². The average molecular weight is 334 g/mol. The van der Waals surface area contributed by atoms with Crippen LogP contribution >= 0.6 is 11.8 Å². The molecule has 1 heterocycles. The maximum Gasteiger partial charge on any atom is 0.333 e. The largest absolute Gasteiger partial charge is 0.463 e. The quantitative estimate of drug-likeness (QED) is 0.658. The number of ether oxygens (including phenoxy) is 1. The number of amides is 2. The number of rotatable bonds is 5. The van der Waals surface area contributed by atoms with E-state index in [-0.39, 0.29) is 30.7 Å². The fourth-order valence-corrected chi connectivity index (χ4v) is 2.96. The summed E-state index contributed by atoms with van der Waals surface area (Å²) in [6.45, 7) is 3.72. The van der Waals surface area contributed by atoms with E-state index in [2.05, 4.69) is 5.32 Å². The fraction of sp³-hybridized carbons (Fsp3) is 0.312. The summed E-state index contributed by atoms with van der Waals surface area (Å²) in [7, 11) is 0. The number of thioether (sulfide) groups is 1. The number of nitrogens with zero attached hydrogens (tertiary/aromatic N) is 1. The molecule has 1 aromatic rings. The molecule has 7 heteroatoms. The van der Waals surface area contributed by atoms with Crippen molar-refractivity contribution in [2.75, 3.05) is 24.2 Å². The molecule has 6 nitrogen and oxygen atoms in total. The van der Waals surface area contributed by atoms with Crippen LogP contribution < -0.4 is 5.32 Å². The van der Waals surface area contributed by atoms with Gasteiger partial charge in [0.25, 0.3) is 0 Å². The number of para-hydroxylation sites is 1. The standard InChI is InChI=1S/C16H18N2O4S/c1-3-22-16(21)8-15-18(14(20)10-23-15)9-13(19)17-12-7-5-4-6-11(12)2/h4-8H,3,9-10H2,1-2H3,(H,17,19)/b15-8-. The predicted molar refractivity (Wildman–Crippen MR) is 88.7 cm³/mol. The minimum absolute atomic E-state index is 0.134. The molecule has 122 valence electrons. The van der Waals surface area contributed by atoms with Crippen molar-refractivity contribution >= 4 is 35.2 Å². The minimum atomic E-state index is -0.519. The highest BCUT2D eigenvalue weighted by molar-refractivity contribution is 8.04. The number of carbonyl (C=O) groups excluding carboxylic acids is 3. The van der Waals surface area contributed by atoms with E-state index in [1.54, 1.807) is 13.0 Å². The van der Waals surface area contributed by atoms with Crippen LogP contribution in [-0.2, 0) is 19.1 Å². The third-order valence-corrected chi connectivity index (χ3v) is 4.18. The van der Waals surface area contributed by atoms with Crippen LogP contribution in [0.2, 0.25) is 0 Å². The van der Waals surface area contributed by atoms with Gasteiger partial charge in [-0.1, -0.05) is 30.0 Å². The van der Waals surface area contributed by atoms with E-state index in [0.29, 0.717) is 10.7 Å². The van der Waals surface area contributed by atoms with Crippen molar-refractivity contribution in [2.24, 2.45) is 0 Å². The highest BCUT2D eigenvalue weighted by atomic mass is 32.2. The van der Waals surface area contributed by atoms with Crippen LogP contribution in [0, 0.1) is 6.92 Å². The number of carbonyl (C=O) groups is 3. The predicted octanol–water partition coefficient (Wildman–Crippen LogP) is 1.91. The van der Waals surface area contributed by atoms with Crippen LogP contribution in [-0.4, -0.2) is 41.6 Å². The first-order valence-electron chi connectivity index (χ1n) is 7.18. The summed E-state index contributed by atoms with van der Waals surface area (Å²) in [5.41, 5.74) is 1.64. The Bertz CT molecular complexity index is 657. The van der Waals surface area contributed by atoms with Crippen LogP contribution in [0.15, 0.2) is 35.4 Å². The van der Waals surface area contributed by atoms with Gasteiger partial charge in [0, 0.05) is 5.69 Å². The number of esters is 1. The van der Waals surface area contributed by atoms with E-state index in [9.17, 15) is 14.4 Å². The Balaban J connectivity index is 2.04. The number of aryl methyl sites for hydroxylation is 1. The molecular formula is C16H18N2O4S. The summed E-state index contributed by atoms with van der Waals surface area (Å²) >= 11 is 1.22. The molecular weight excluding hydrogens is 316 g/mol. The van der Waals surface area contributed by atoms with Gasteiger partial charge in [-0.15, -0.1) is 0 Å². The Hall–Kier alpha value is -2.28. The second-order valence-corrected chi connectivity index (χ2v) is 5.86. The number of hydrogen-bond donors (Lipinski definition) is 1. The first kappa shape index (κ1) is 17.1. The molecule has 23 heavy (non-hydrogen) atoms. The van der Waals surface area contributed by atoms with Gasteiger partial charge in [0.05, 0.1) is 23.5 Å². The van der Waals surface area contributed by atoms with E-state index < -0.39 is 5.97 Å². The Labute approximate surface area is 138 Å². The number of anilines is 1. The zero-order valence-corrected chi connectivity index (χ0v) is 13.8. The summed E-state index contributed by atoms with van der Waals surface area (Å²) in [6.07, 6.45) is 1.25. The maximum absolute atomic E-state index is 12.2. The normalized spacial score (nSPS) is 15.8. The lowest BCUT2D eigenvalue weighted by atomic mass is 10.2. The van der Waals surface area contributed by atoms with E-state index in [1.165, 1.54) is 22.7 Å².